The van der Waals surface area contributed by atoms with Gasteiger partial charge in [-0.05, 0) is 49.9 Å². The van der Waals surface area contributed by atoms with Crippen LogP contribution in [-0.4, -0.2) is 60.5 Å². The molecule has 164 valence electrons. The number of nitrogens with one attached hydrogen (secondary N) is 1. The summed E-state index contributed by atoms with van der Waals surface area (Å²) in [5, 5.41) is 3.28. The number of hydrogen-bond donors (Lipinski definition) is 1. The van der Waals surface area contributed by atoms with E-state index in [4.69, 9.17) is 0 Å². The van der Waals surface area contributed by atoms with E-state index in [-0.39, 0.29) is 5.91 Å². The lowest BCUT2D eigenvalue weighted by atomic mass is 10.0. The minimum Gasteiger partial charge on any atom is -0.369 e. The number of likely N-dealkylation sites (N-methyl/N-ethyl adjacent to an activating group) is 1. The van der Waals surface area contributed by atoms with Gasteiger partial charge >= 0.3 is 0 Å². The van der Waals surface area contributed by atoms with Crippen LogP contribution in [0.2, 0.25) is 0 Å². The maximum absolute atomic E-state index is 13.1. The highest BCUT2D eigenvalue weighted by molar-refractivity contribution is 6.08. The van der Waals surface area contributed by atoms with Gasteiger partial charge in [0.2, 0.25) is 5.95 Å². The highest BCUT2D eigenvalue weighted by atomic mass is 16.2. The first-order valence-corrected chi connectivity index (χ1v) is 11.1. The number of piperazine rings is 1. The number of para-hydroxylation sites is 1. The third-order valence-corrected chi connectivity index (χ3v) is 6.31. The number of hydrogen-bond acceptors (Lipinski definition) is 6. The number of carbonyl (C=O) groups is 1. The van der Waals surface area contributed by atoms with E-state index in [1.165, 1.54) is 5.69 Å². The molecular weight excluding hydrogens is 400 g/mol. The standard InChI is InChI=1S/C25H28N6O/c1-18-5-3-4-6-23(18)31-12-11-22-21(24(31)32)17-26-25(28-22)27-19-7-9-20(10-8-19)30-15-13-29(2)14-16-30/h3-10,17H,11-16H2,1-2H3,(H,26,27,28). The Balaban J connectivity index is 1.29. The Kier molecular flexibility index (Phi) is 5.49. The van der Waals surface area contributed by atoms with Gasteiger partial charge in [0.15, 0.2) is 0 Å². The summed E-state index contributed by atoms with van der Waals surface area (Å²) in [4.78, 5) is 28.7. The first-order chi connectivity index (χ1) is 15.6. The summed E-state index contributed by atoms with van der Waals surface area (Å²) in [5.41, 5.74) is 5.58. The van der Waals surface area contributed by atoms with Crippen molar-refractivity contribution in [2.75, 3.05) is 54.9 Å². The van der Waals surface area contributed by atoms with E-state index in [0.717, 1.165) is 48.8 Å². The van der Waals surface area contributed by atoms with Gasteiger partial charge in [-0.1, -0.05) is 18.2 Å². The number of carbonyl (C=O) groups excluding carboxylic acids is 1. The molecule has 1 amide bonds. The Bertz CT molecular complexity index is 1120. The van der Waals surface area contributed by atoms with Crippen LogP contribution in [0.15, 0.2) is 54.7 Å². The Morgan fingerprint density at radius 1 is 0.938 bits per heavy atom. The van der Waals surface area contributed by atoms with Crippen molar-refractivity contribution >= 4 is 28.9 Å². The van der Waals surface area contributed by atoms with Gasteiger partial charge in [-0.2, -0.15) is 0 Å². The monoisotopic (exact) mass is 428 g/mol. The number of fused-ring (bicyclic) bond motifs is 1. The zero-order chi connectivity index (χ0) is 22.1. The van der Waals surface area contributed by atoms with Crippen LogP contribution in [-0.2, 0) is 6.42 Å². The highest BCUT2D eigenvalue weighted by Crippen LogP contribution is 2.27. The molecule has 7 nitrogen and oxygen atoms in total. The number of nitrogens with zero attached hydrogens (tertiary/aromatic N) is 5. The van der Waals surface area contributed by atoms with Crippen LogP contribution in [0.3, 0.4) is 0 Å². The minimum atomic E-state index is -0.0383. The Morgan fingerprint density at radius 3 is 2.44 bits per heavy atom. The van der Waals surface area contributed by atoms with E-state index < -0.39 is 0 Å². The highest BCUT2D eigenvalue weighted by Gasteiger charge is 2.28. The Labute approximate surface area is 188 Å². The largest absolute Gasteiger partial charge is 0.369 e. The van der Waals surface area contributed by atoms with Gasteiger partial charge in [0.1, 0.15) is 0 Å². The van der Waals surface area contributed by atoms with Crippen LogP contribution in [0, 0.1) is 6.92 Å². The number of amides is 1. The van der Waals surface area contributed by atoms with Gasteiger partial charge in [0.05, 0.1) is 11.3 Å². The second-order valence-corrected chi connectivity index (χ2v) is 8.51. The predicted molar refractivity (Wildman–Crippen MR) is 128 cm³/mol. The van der Waals surface area contributed by atoms with E-state index in [0.29, 0.717) is 24.5 Å². The van der Waals surface area contributed by atoms with Crippen LogP contribution in [0.4, 0.5) is 23.0 Å². The molecule has 32 heavy (non-hydrogen) atoms. The summed E-state index contributed by atoms with van der Waals surface area (Å²) in [7, 11) is 2.16. The van der Waals surface area contributed by atoms with Gasteiger partial charge < -0.3 is 20.0 Å². The summed E-state index contributed by atoms with van der Waals surface area (Å²) in [6.07, 6.45) is 2.35. The third kappa shape index (κ3) is 4.03. The average molecular weight is 429 g/mol. The van der Waals surface area contributed by atoms with Gasteiger partial charge in [-0.15, -0.1) is 0 Å². The predicted octanol–water partition coefficient (Wildman–Crippen LogP) is 3.48. The Hall–Kier alpha value is -3.45. The van der Waals surface area contributed by atoms with E-state index in [2.05, 4.69) is 56.4 Å². The fraction of sp³-hybridized carbons (Fsp3) is 0.320. The molecule has 5 rings (SSSR count). The second-order valence-electron chi connectivity index (χ2n) is 8.51. The quantitative estimate of drug-likeness (QED) is 0.686. The number of benzene rings is 2. The van der Waals surface area contributed by atoms with Crippen molar-refractivity contribution in [1.82, 2.24) is 14.9 Å². The second kappa shape index (κ2) is 8.59. The zero-order valence-electron chi connectivity index (χ0n) is 18.6. The lowest BCUT2D eigenvalue weighted by molar-refractivity contribution is 0.0979. The minimum absolute atomic E-state index is 0.0383. The molecule has 0 spiro atoms. The van der Waals surface area contributed by atoms with Gasteiger partial charge in [-0.3, -0.25) is 4.79 Å². The number of aromatic nitrogens is 2. The summed E-state index contributed by atoms with van der Waals surface area (Å²) < 4.78 is 0. The van der Waals surface area contributed by atoms with Crippen molar-refractivity contribution in [3.05, 3.63) is 71.5 Å². The smallest absolute Gasteiger partial charge is 0.261 e. The van der Waals surface area contributed by atoms with Crippen molar-refractivity contribution in [1.29, 1.82) is 0 Å². The molecule has 1 aromatic heterocycles. The molecular formula is C25H28N6O. The zero-order valence-corrected chi connectivity index (χ0v) is 18.6. The van der Waals surface area contributed by atoms with E-state index >= 15 is 0 Å². The molecule has 0 aliphatic carbocycles. The van der Waals surface area contributed by atoms with Crippen LogP contribution in [0.25, 0.3) is 0 Å². The molecule has 3 heterocycles. The van der Waals surface area contributed by atoms with Crippen LogP contribution in [0.1, 0.15) is 21.6 Å². The fourth-order valence-electron chi connectivity index (χ4n) is 4.36. The molecule has 0 unspecified atom stereocenters. The maximum atomic E-state index is 13.1. The van der Waals surface area contributed by atoms with E-state index in [1.54, 1.807) is 6.20 Å². The van der Waals surface area contributed by atoms with Gasteiger partial charge in [0.25, 0.3) is 5.91 Å². The molecule has 1 fully saturated rings. The summed E-state index contributed by atoms with van der Waals surface area (Å²) in [6, 6.07) is 16.3. The molecule has 7 heteroatoms. The van der Waals surface area contributed by atoms with Crippen molar-refractivity contribution in [3.63, 3.8) is 0 Å². The molecule has 0 saturated carbocycles. The summed E-state index contributed by atoms with van der Waals surface area (Å²) >= 11 is 0. The van der Waals surface area contributed by atoms with Crippen molar-refractivity contribution < 1.29 is 4.79 Å². The lowest BCUT2D eigenvalue weighted by Crippen LogP contribution is -2.44. The first kappa shape index (κ1) is 20.5. The molecule has 2 aromatic carbocycles. The molecule has 2 aliphatic heterocycles. The maximum Gasteiger partial charge on any atom is 0.261 e. The topological polar surface area (TPSA) is 64.6 Å². The summed E-state index contributed by atoms with van der Waals surface area (Å²) in [5.74, 6) is 0.483. The first-order valence-electron chi connectivity index (χ1n) is 11.1. The van der Waals surface area contributed by atoms with Crippen molar-refractivity contribution in [3.8, 4) is 0 Å². The number of aryl methyl sites for hydroxylation is 1. The number of anilines is 4. The van der Waals surface area contributed by atoms with Crippen LogP contribution >= 0.6 is 0 Å². The molecule has 0 bridgehead atoms. The van der Waals surface area contributed by atoms with Gasteiger partial charge in [-0.25, -0.2) is 9.97 Å². The van der Waals surface area contributed by atoms with Crippen molar-refractivity contribution in [2.45, 2.75) is 13.3 Å². The van der Waals surface area contributed by atoms with Crippen LogP contribution in [0.5, 0.6) is 0 Å². The summed E-state index contributed by atoms with van der Waals surface area (Å²) in [6.45, 7) is 6.91. The van der Waals surface area contributed by atoms with Gasteiger partial charge in [0, 0.05) is 62.4 Å². The molecule has 1 saturated heterocycles. The average Bonchev–Trinajstić information content (AvgIpc) is 2.81. The fourth-order valence-corrected chi connectivity index (χ4v) is 4.36. The lowest BCUT2D eigenvalue weighted by Gasteiger charge is -2.34. The molecule has 0 atom stereocenters. The molecule has 1 N–H and O–H groups in total. The van der Waals surface area contributed by atoms with Crippen LogP contribution < -0.4 is 15.1 Å². The van der Waals surface area contributed by atoms with Crippen molar-refractivity contribution in [2.24, 2.45) is 0 Å². The van der Waals surface area contributed by atoms with E-state index in [9.17, 15) is 4.79 Å². The number of rotatable bonds is 4. The molecule has 0 radical (unpaired) electrons. The SMILES string of the molecule is Cc1ccccc1N1CCc2nc(Nc3ccc(N4CCN(C)CC4)cc3)ncc2C1=O. The normalized spacial score (nSPS) is 16.8. The molecule has 2 aliphatic rings. The van der Waals surface area contributed by atoms with E-state index in [1.807, 2.05) is 36.1 Å². The third-order valence-electron chi connectivity index (χ3n) is 6.31. The Morgan fingerprint density at radius 2 is 1.69 bits per heavy atom. The molecule has 3 aromatic rings.